The molecule has 0 N–H and O–H groups in total. The van der Waals surface area contributed by atoms with Gasteiger partial charge in [-0.3, -0.25) is 0 Å². The number of rotatable bonds is 3. The maximum Gasteiger partial charge on any atom is 0.331 e. The minimum atomic E-state index is -0.453. The van der Waals surface area contributed by atoms with E-state index in [1.165, 1.54) is 13.1 Å². The van der Waals surface area contributed by atoms with Crippen LogP contribution < -0.4 is 4.74 Å². The van der Waals surface area contributed by atoms with Crippen molar-refractivity contribution < 1.29 is 14.4 Å². The van der Waals surface area contributed by atoms with Crippen molar-refractivity contribution in [2.24, 2.45) is 5.16 Å². The van der Waals surface area contributed by atoms with E-state index in [-0.39, 0.29) is 0 Å². The molecule has 0 spiro atoms. The van der Waals surface area contributed by atoms with E-state index in [0.29, 0.717) is 5.75 Å². The average Bonchev–Trinajstić information content (AvgIpc) is 2.38. The molecule has 0 aliphatic carbocycles. The quantitative estimate of drug-likeness (QED) is 0.473. The maximum absolute atomic E-state index is 10.7. The standard InChI is InChI=1S/C14H13NO3/c1-10(16)18-15-9-13-12-6-4-3-5-11(12)7-8-14(13)17-2/h3-9H,1-2H3/b15-9+. The molecule has 4 heteroatoms. The highest BCUT2D eigenvalue weighted by Gasteiger charge is 2.06. The van der Waals surface area contributed by atoms with Crippen molar-refractivity contribution in [3.05, 3.63) is 42.0 Å². The van der Waals surface area contributed by atoms with Crippen molar-refractivity contribution >= 4 is 23.0 Å². The van der Waals surface area contributed by atoms with Gasteiger partial charge in [0.1, 0.15) is 5.75 Å². The molecule has 0 fully saturated rings. The lowest BCUT2D eigenvalue weighted by molar-refractivity contribution is -0.140. The van der Waals surface area contributed by atoms with E-state index in [4.69, 9.17) is 4.74 Å². The van der Waals surface area contributed by atoms with Crippen LogP contribution in [0.4, 0.5) is 0 Å². The molecular formula is C14H13NO3. The molecule has 0 atom stereocenters. The lowest BCUT2D eigenvalue weighted by Crippen LogP contribution is -1.95. The van der Waals surface area contributed by atoms with Crippen molar-refractivity contribution in [3.63, 3.8) is 0 Å². The summed E-state index contributed by atoms with van der Waals surface area (Å²) in [5.41, 5.74) is 0.789. The third-order valence-corrected chi connectivity index (χ3v) is 2.51. The Bertz CT molecular complexity index is 605. The van der Waals surface area contributed by atoms with Crippen LogP contribution in [-0.2, 0) is 9.63 Å². The van der Waals surface area contributed by atoms with E-state index in [2.05, 4.69) is 9.99 Å². The van der Waals surface area contributed by atoms with Gasteiger partial charge in [-0.05, 0) is 16.8 Å². The number of benzene rings is 2. The molecule has 0 saturated carbocycles. The van der Waals surface area contributed by atoms with Crippen molar-refractivity contribution in [1.82, 2.24) is 0 Å². The largest absolute Gasteiger partial charge is 0.496 e. The summed E-state index contributed by atoms with van der Waals surface area (Å²) < 4.78 is 5.28. The Labute approximate surface area is 105 Å². The number of carbonyl (C=O) groups excluding carboxylic acids is 1. The zero-order valence-electron chi connectivity index (χ0n) is 10.2. The van der Waals surface area contributed by atoms with Crippen LogP contribution in [0.1, 0.15) is 12.5 Å². The molecule has 92 valence electrons. The molecule has 2 rings (SSSR count). The van der Waals surface area contributed by atoms with Crippen LogP contribution in [0.2, 0.25) is 0 Å². The predicted molar refractivity (Wildman–Crippen MR) is 69.9 cm³/mol. The molecule has 0 bridgehead atoms. The first-order chi connectivity index (χ1) is 8.72. The maximum atomic E-state index is 10.7. The molecule has 0 aliphatic rings. The van der Waals surface area contributed by atoms with Crippen molar-refractivity contribution in [2.45, 2.75) is 6.92 Å². The molecule has 0 saturated heterocycles. The first-order valence-corrected chi connectivity index (χ1v) is 5.49. The Kier molecular flexibility index (Phi) is 3.57. The fourth-order valence-electron chi connectivity index (χ4n) is 1.74. The topological polar surface area (TPSA) is 47.9 Å². The third-order valence-electron chi connectivity index (χ3n) is 2.51. The lowest BCUT2D eigenvalue weighted by Gasteiger charge is -2.07. The summed E-state index contributed by atoms with van der Waals surface area (Å²) in [7, 11) is 1.59. The fraction of sp³-hybridized carbons (Fsp3) is 0.143. The third kappa shape index (κ3) is 2.48. The normalized spacial score (nSPS) is 10.8. The number of oxime groups is 1. The van der Waals surface area contributed by atoms with E-state index in [9.17, 15) is 4.79 Å². The molecule has 4 nitrogen and oxygen atoms in total. The molecule has 0 amide bonds. The van der Waals surface area contributed by atoms with Crippen molar-refractivity contribution in [3.8, 4) is 5.75 Å². The van der Waals surface area contributed by atoms with Crippen molar-refractivity contribution in [1.29, 1.82) is 0 Å². The van der Waals surface area contributed by atoms with Gasteiger partial charge in [-0.25, -0.2) is 4.79 Å². The highest BCUT2D eigenvalue weighted by atomic mass is 16.7. The van der Waals surface area contributed by atoms with Gasteiger partial charge in [0, 0.05) is 12.5 Å². The molecular weight excluding hydrogens is 230 g/mol. The van der Waals surface area contributed by atoms with E-state index in [0.717, 1.165) is 16.3 Å². The first kappa shape index (κ1) is 12.1. The Morgan fingerprint density at radius 3 is 2.72 bits per heavy atom. The Morgan fingerprint density at radius 1 is 1.22 bits per heavy atom. The first-order valence-electron chi connectivity index (χ1n) is 5.49. The summed E-state index contributed by atoms with van der Waals surface area (Å²) in [4.78, 5) is 15.3. The van der Waals surface area contributed by atoms with Gasteiger partial charge in [0.15, 0.2) is 0 Å². The molecule has 0 aromatic heterocycles. The number of fused-ring (bicyclic) bond motifs is 1. The summed E-state index contributed by atoms with van der Waals surface area (Å²) in [5.74, 6) is 0.232. The number of methoxy groups -OCH3 is 1. The van der Waals surface area contributed by atoms with Gasteiger partial charge >= 0.3 is 5.97 Å². The van der Waals surface area contributed by atoms with E-state index < -0.39 is 5.97 Å². The predicted octanol–water partition coefficient (Wildman–Crippen LogP) is 2.75. The van der Waals surface area contributed by atoms with E-state index in [1.807, 2.05) is 36.4 Å². The molecule has 0 unspecified atom stereocenters. The molecule has 18 heavy (non-hydrogen) atoms. The zero-order chi connectivity index (χ0) is 13.0. The summed E-state index contributed by atoms with van der Waals surface area (Å²) in [5, 5.41) is 5.71. The van der Waals surface area contributed by atoms with Crippen LogP contribution in [-0.4, -0.2) is 19.3 Å². The van der Waals surface area contributed by atoms with Gasteiger partial charge in [-0.15, -0.1) is 0 Å². The van der Waals surface area contributed by atoms with Crippen LogP contribution in [0.15, 0.2) is 41.6 Å². The highest BCUT2D eigenvalue weighted by Crippen LogP contribution is 2.26. The Morgan fingerprint density at radius 2 is 2.00 bits per heavy atom. The fourth-order valence-corrected chi connectivity index (χ4v) is 1.74. The zero-order valence-corrected chi connectivity index (χ0v) is 10.2. The van der Waals surface area contributed by atoms with Crippen LogP contribution in [0.3, 0.4) is 0 Å². The minimum absolute atomic E-state index is 0.453. The van der Waals surface area contributed by atoms with Gasteiger partial charge in [-0.2, -0.15) is 0 Å². The lowest BCUT2D eigenvalue weighted by atomic mass is 10.0. The monoisotopic (exact) mass is 243 g/mol. The summed E-state index contributed by atoms with van der Waals surface area (Å²) in [6.45, 7) is 1.30. The van der Waals surface area contributed by atoms with Gasteiger partial charge < -0.3 is 9.57 Å². The highest BCUT2D eigenvalue weighted by molar-refractivity contribution is 6.02. The van der Waals surface area contributed by atoms with Gasteiger partial charge in [0.05, 0.1) is 13.3 Å². The number of carbonyl (C=O) groups is 1. The Balaban J connectivity index is 2.51. The molecule has 0 radical (unpaired) electrons. The number of hydrogen-bond donors (Lipinski definition) is 0. The molecule has 0 aliphatic heterocycles. The molecule has 0 heterocycles. The Hall–Kier alpha value is -2.36. The number of hydrogen-bond acceptors (Lipinski definition) is 4. The van der Waals surface area contributed by atoms with Crippen molar-refractivity contribution in [2.75, 3.05) is 7.11 Å². The van der Waals surface area contributed by atoms with Crippen LogP contribution in [0, 0.1) is 0 Å². The summed E-state index contributed by atoms with van der Waals surface area (Å²) in [6, 6.07) is 11.7. The second-order valence-corrected chi connectivity index (χ2v) is 3.72. The minimum Gasteiger partial charge on any atom is -0.496 e. The van der Waals surface area contributed by atoms with E-state index in [1.54, 1.807) is 7.11 Å². The molecule has 2 aromatic rings. The average molecular weight is 243 g/mol. The molecule has 2 aromatic carbocycles. The van der Waals surface area contributed by atoms with Gasteiger partial charge in [-0.1, -0.05) is 35.5 Å². The second kappa shape index (κ2) is 5.31. The summed E-state index contributed by atoms with van der Waals surface area (Å²) in [6.07, 6.45) is 1.49. The smallest absolute Gasteiger partial charge is 0.331 e. The van der Waals surface area contributed by atoms with Crippen LogP contribution in [0.25, 0.3) is 10.8 Å². The van der Waals surface area contributed by atoms with Gasteiger partial charge in [0.2, 0.25) is 0 Å². The number of nitrogens with zero attached hydrogens (tertiary/aromatic N) is 1. The number of ether oxygens (including phenoxy) is 1. The van der Waals surface area contributed by atoms with Gasteiger partial charge in [0.25, 0.3) is 0 Å². The summed E-state index contributed by atoms with van der Waals surface area (Å²) >= 11 is 0. The SMILES string of the molecule is COc1ccc2ccccc2c1/C=N/OC(C)=O. The van der Waals surface area contributed by atoms with Crippen LogP contribution >= 0.6 is 0 Å². The van der Waals surface area contributed by atoms with Crippen LogP contribution in [0.5, 0.6) is 5.75 Å². The second-order valence-electron chi connectivity index (χ2n) is 3.72. The van der Waals surface area contributed by atoms with E-state index >= 15 is 0 Å².